The van der Waals surface area contributed by atoms with E-state index >= 15 is 0 Å². The molecular weight excluding hydrogens is 263 g/mol. The molecule has 0 N–H and O–H groups in total. The first-order valence-corrected chi connectivity index (χ1v) is 8.06. The first-order chi connectivity index (χ1) is 9.89. The topological polar surface area (TPSA) is 44.2 Å². The Bertz CT molecular complexity index is 497. The number of nitrogens with zero attached hydrogens (tertiary/aromatic N) is 2. The fourth-order valence-electron chi connectivity index (χ4n) is 3.10. The van der Waals surface area contributed by atoms with E-state index in [-0.39, 0.29) is 18.3 Å². The highest BCUT2D eigenvalue weighted by molar-refractivity contribution is 6.61. The lowest BCUT2D eigenvalue weighted by Crippen LogP contribution is -2.41. The Labute approximate surface area is 127 Å². The predicted octanol–water partition coefficient (Wildman–Crippen LogP) is 2.82. The molecule has 2 fully saturated rings. The lowest BCUT2D eigenvalue weighted by molar-refractivity contribution is 0.00578. The van der Waals surface area contributed by atoms with Crippen LogP contribution in [-0.4, -0.2) is 28.3 Å². The van der Waals surface area contributed by atoms with E-state index in [0.29, 0.717) is 5.92 Å². The Hall–Kier alpha value is -0.935. The van der Waals surface area contributed by atoms with Crippen LogP contribution in [0, 0.1) is 0 Å². The molecule has 1 aromatic rings. The molecule has 3 rings (SSSR count). The van der Waals surface area contributed by atoms with Gasteiger partial charge in [-0.15, -0.1) is 0 Å². The quantitative estimate of drug-likeness (QED) is 0.785. The van der Waals surface area contributed by atoms with Crippen molar-refractivity contribution in [2.24, 2.45) is 0 Å². The average Bonchev–Trinajstić information content (AvgIpc) is 2.69. The van der Waals surface area contributed by atoms with Crippen molar-refractivity contribution < 1.29 is 9.31 Å². The van der Waals surface area contributed by atoms with Gasteiger partial charge in [0.1, 0.15) is 6.33 Å². The molecule has 0 aromatic carbocycles. The summed E-state index contributed by atoms with van der Waals surface area (Å²) in [4.78, 5) is 8.87. The molecule has 21 heavy (non-hydrogen) atoms. The summed E-state index contributed by atoms with van der Waals surface area (Å²) in [5, 5.41) is 0. The number of hydrogen-bond acceptors (Lipinski definition) is 4. The molecule has 4 nitrogen and oxygen atoms in total. The van der Waals surface area contributed by atoms with Crippen molar-refractivity contribution in [3.05, 3.63) is 18.1 Å². The zero-order valence-corrected chi connectivity index (χ0v) is 13.6. The number of hydrogen-bond donors (Lipinski definition) is 0. The largest absolute Gasteiger partial charge is 0.514 e. The van der Waals surface area contributed by atoms with Crippen LogP contribution in [0.4, 0.5) is 0 Å². The van der Waals surface area contributed by atoms with Crippen molar-refractivity contribution in [1.29, 1.82) is 0 Å². The Morgan fingerprint density at radius 3 is 2.24 bits per heavy atom. The Morgan fingerprint density at radius 1 is 1.00 bits per heavy atom. The highest BCUT2D eigenvalue weighted by Crippen LogP contribution is 2.36. The minimum absolute atomic E-state index is 0.326. The van der Waals surface area contributed by atoms with Gasteiger partial charge in [-0.25, -0.2) is 9.97 Å². The van der Waals surface area contributed by atoms with E-state index in [1.165, 1.54) is 32.1 Å². The molecule has 0 amide bonds. The molecule has 0 atom stereocenters. The standard InChI is InChI=1S/C16H25BN2O2/c1-15(2)16(3,4)21-17(20-15)14-10-13(18-11-19-14)12-8-6-5-7-9-12/h10-12H,5-9H2,1-4H3. The average molecular weight is 288 g/mol. The maximum Gasteiger partial charge on any atom is 0.514 e. The zero-order valence-electron chi connectivity index (χ0n) is 13.6. The van der Waals surface area contributed by atoms with Gasteiger partial charge in [0.05, 0.1) is 16.8 Å². The monoisotopic (exact) mass is 288 g/mol. The molecule has 1 saturated carbocycles. The lowest BCUT2D eigenvalue weighted by Gasteiger charge is -2.32. The molecule has 0 spiro atoms. The SMILES string of the molecule is CC1(C)OB(c2cc(C3CCCCC3)ncn2)OC1(C)C. The molecular formula is C16H25BN2O2. The van der Waals surface area contributed by atoms with Crippen LogP contribution in [0.15, 0.2) is 12.4 Å². The summed E-state index contributed by atoms with van der Waals surface area (Å²) in [5.41, 5.74) is 1.35. The van der Waals surface area contributed by atoms with Gasteiger partial charge < -0.3 is 9.31 Å². The fraction of sp³-hybridized carbons (Fsp3) is 0.750. The molecule has 1 aliphatic carbocycles. The molecule has 1 saturated heterocycles. The number of aromatic nitrogens is 2. The van der Waals surface area contributed by atoms with Gasteiger partial charge in [0.25, 0.3) is 0 Å². The molecule has 0 unspecified atom stereocenters. The summed E-state index contributed by atoms with van der Waals surface area (Å²) >= 11 is 0. The smallest absolute Gasteiger partial charge is 0.398 e. The zero-order chi connectivity index (χ0) is 15.1. The van der Waals surface area contributed by atoms with E-state index in [0.717, 1.165) is 11.3 Å². The van der Waals surface area contributed by atoms with Crippen LogP contribution < -0.4 is 5.59 Å². The summed E-state index contributed by atoms with van der Waals surface area (Å²) in [7, 11) is -0.389. The van der Waals surface area contributed by atoms with E-state index in [1.807, 2.05) is 0 Å². The van der Waals surface area contributed by atoms with Gasteiger partial charge in [-0.05, 0) is 46.6 Å². The summed E-state index contributed by atoms with van der Waals surface area (Å²) in [6.07, 6.45) is 8.09. The third kappa shape index (κ3) is 2.86. The maximum atomic E-state index is 6.08. The minimum Gasteiger partial charge on any atom is -0.398 e. The van der Waals surface area contributed by atoms with Gasteiger partial charge in [-0.2, -0.15) is 0 Å². The molecule has 114 valence electrons. The Balaban J connectivity index is 1.81. The second kappa shape index (κ2) is 5.36. The van der Waals surface area contributed by atoms with Crippen LogP contribution in [0.25, 0.3) is 0 Å². The van der Waals surface area contributed by atoms with Crippen molar-refractivity contribution in [3.8, 4) is 0 Å². The van der Waals surface area contributed by atoms with Crippen LogP contribution in [0.1, 0.15) is 71.4 Å². The lowest BCUT2D eigenvalue weighted by atomic mass is 9.81. The summed E-state index contributed by atoms with van der Waals surface area (Å²) in [6, 6.07) is 2.08. The molecule has 0 bridgehead atoms. The Morgan fingerprint density at radius 2 is 1.62 bits per heavy atom. The van der Waals surface area contributed by atoms with Crippen LogP contribution in [0.2, 0.25) is 0 Å². The maximum absolute atomic E-state index is 6.08. The normalized spacial score (nSPS) is 25.2. The van der Waals surface area contributed by atoms with Crippen molar-refractivity contribution in [2.75, 3.05) is 0 Å². The second-order valence-corrected chi connectivity index (χ2v) is 7.29. The van der Waals surface area contributed by atoms with Gasteiger partial charge in [-0.3, -0.25) is 0 Å². The van der Waals surface area contributed by atoms with Crippen LogP contribution >= 0.6 is 0 Å². The van der Waals surface area contributed by atoms with Crippen molar-refractivity contribution in [2.45, 2.75) is 76.9 Å². The van der Waals surface area contributed by atoms with Gasteiger partial charge in [0.2, 0.25) is 0 Å². The van der Waals surface area contributed by atoms with Gasteiger partial charge in [-0.1, -0.05) is 19.3 Å². The molecule has 1 aromatic heterocycles. The Kier molecular flexibility index (Phi) is 3.82. The van der Waals surface area contributed by atoms with Crippen molar-refractivity contribution in [3.63, 3.8) is 0 Å². The van der Waals surface area contributed by atoms with Gasteiger partial charge in [0.15, 0.2) is 0 Å². The van der Waals surface area contributed by atoms with Gasteiger partial charge >= 0.3 is 7.12 Å². The fourth-order valence-corrected chi connectivity index (χ4v) is 3.10. The summed E-state index contributed by atoms with van der Waals surface area (Å²) < 4.78 is 12.2. The van der Waals surface area contributed by atoms with Crippen molar-refractivity contribution >= 4 is 12.7 Å². The third-order valence-electron chi connectivity index (χ3n) is 5.23. The molecule has 1 aliphatic heterocycles. The van der Waals surface area contributed by atoms with E-state index in [2.05, 4.69) is 43.7 Å². The van der Waals surface area contributed by atoms with E-state index in [4.69, 9.17) is 9.31 Å². The highest BCUT2D eigenvalue weighted by atomic mass is 16.7. The predicted molar refractivity (Wildman–Crippen MR) is 83.6 cm³/mol. The first-order valence-electron chi connectivity index (χ1n) is 8.06. The number of rotatable bonds is 2. The first kappa shape index (κ1) is 15.0. The minimum atomic E-state index is -0.389. The van der Waals surface area contributed by atoms with Crippen LogP contribution in [0.5, 0.6) is 0 Å². The van der Waals surface area contributed by atoms with E-state index in [9.17, 15) is 0 Å². The third-order valence-corrected chi connectivity index (χ3v) is 5.23. The van der Waals surface area contributed by atoms with Crippen LogP contribution in [0.3, 0.4) is 0 Å². The van der Waals surface area contributed by atoms with E-state index < -0.39 is 0 Å². The molecule has 2 heterocycles. The molecule has 2 aliphatic rings. The second-order valence-electron chi connectivity index (χ2n) is 7.29. The summed E-state index contributed by atoms with van der Waals surface area (Å²) in [6.45, 7) is 8.26. The molecule has 5 heteroatoms. The summed E-state index contributed by atoms with van der Waals surface area (Å²) in [5.74, 6) is 0.572. The van der Waals surface area contributed by atoms with Gasteiger partial charge in [0, 0.05) is 11.6 Å². The highest BCUT2D eigenvalue weighted by Gasteiger charge is 2.52. The van der Waals surface area contributed by atoms with E-state index in [1.54, 1.807) is 6.33 Å². The molecule has 0 radical (unpaired) electrons. The van der Waals surface area contributed by atoms with Crippen LogP contribution in [-0.2, 0) is 9.31 Å². The van der Waals surface area contributed by atoms with Crippen molar-refractivity contribution in [1.82, 2.24) is 9.97 Å².